The summed E-state index contributed by atoms with van der Waals surface area (Å²) in [6.07, 6.45) is 0.0466. The van der Waals surface area contributed by atoms with Crippen LogP contribution in [0.4, 0.5) is 18.9 Å². The number of hydrogen-bond acceptors (Lipinski definition) is 5. The molecule has 0 aliphatic carbocycles. The number of ether oxygens (including phenoxy) is 1. The van der Waals surface area contributed by atoms with Gasteiger partial charge in [-0.15, -0.1) is 24.5 Å². The van der Waals surface area contributed by atoms with Crippen LogP contribution in [0.25, 0.3) is 4.96 Å². The number of thiazole rings is 1. The number of benzene rings is 2. The molecule has 0 bridgehead atoms. The van der Waals surface area contributed by atoms with E-state index in [1.807, 2.05) is 4.40 Å². The fourth-order valence-electron chi connectivity index (χ4n) is 4.99. The third-order valence-electron chi connectivity index (χ3n) is 6.91. The summed E-state index contributed by atoms with van der Waals surface area (Å²) in [5.41, 5.74) is 11.5. The molecule has 1 aliphatic heterocycles. The maximum Gasteiger partial charge on any atom is 0.573 e. The number of piperidine rings is 1. The highest BCUT2D eigenvalue weighted by Gasteiger charge is 2.31. The maximum absolute atomic E-state index is 12.4. The fourth-order valence-corrected chi connectivity index (χ4v) is 5.84. The Bertz CT molecular complexity index is 1420. The molecule has 0 amide bonds. The summed E-state index contributed by atoms with van der Waals surface area (Å²) in [7, 11) is 0. The molecule has 1 saturated heterocycles. The zero-order valence-electron chi connectivity index (χ0n) is 21.3. The van der Waals surface area contributed by atoms with E-state index in [0.717, 1.165) is 65.5 Å². The average Bonchev–Trinajstić information content (AvgIpc) is 3.42. The lowest BCUT2D eigenvalue weighted by atomic mass is 9.89. The first kappa shape index (κ1) is 26.1. The zero-order valence-corrected chi connectivity index (χ0v) is 22.1. The van der Waals surface area contributed by atoms with Gasteiger partial charge < -0.3 is 15.4 Å². The van der Waals surface area contributed by atoms with Gasteiger partial charge in [0.15, 0.2) is 4.96 Å². The third kappa shape index (κ3) is 5.80. The van der Waals surface area contributed by atoms with Crippen LogP contribution in [0.15, 0.2) is 59.7 Å². The fraction of sp³-hybridized carbons (Fsp3) is 0.357. The Morgan fingerprint density at radius 2 is 1.79 bits per heavy atom. The van der Waals surface area contributed by atoms with Crippen molar-refractivity contribution in [1.82, 2.24) is 9.38 Å². The molecule has 1 aliphatic rings. The molecular formula is C28H30F3N5OS. The molecule has 2 N–H and O–H groups in total. The molecule has 200 valence electrons. The van der Waals surface area contributed by atoms with E-state index in [1.54, 1.807) is 23.5 Å². The highest BCUT2D eigenvalue weighted by atomic mass is 32.1. The Morgan fingerprint density at radius 1 is 1.11 bits per heavy atom. The summed E-state index contributed by atoms with van der Waals surface area (Å²) in [5, 5.41) is 0. The number of alkyl halides is 3. The number of anilines is 1. The van der Waals surface area contributed by atoms with Crippen LogP contribution in [0.5, 0.6) is 5.75 Å². The minimum Gasteiger partial charge on any atom is -0.406 e. The lowest BCUT2D eigenvalue weighted by molar-refractivity contribution is -0.274. The first-order chi connectivity index (χ1) is 18.2. The quantitative estimate of drug-likeness (QED) is 0.216. The van der Waals surface area contributed by atoms with Crippen molar-refractivity contribution in [3.8, 4) is 5.75 Å². The molecule has 10 heteroatoms. The van der Waals surface area contributed by atoms with Crippen molar-refractivity contribution in [3.05, 3.63) is 82.1 Å². The summed E-state index contributed by atoms with van der Waals surface area (Å²) in [6, 6.07) is 14.6. The second kappa shape index (κ2) is 10.7. The summed E-state index contributed by atoms with van der Waals surface area (Å²) in [5.74, 6) is 0.629. The number of aliphatic imine (C=N–C) groups is 1. The van der Waals surface area contributed by atoms with Crippen LogP contribution < -0.4 is 15.4 Å². The predicted octanol–water partition coefficient (Wildman–Crippen LogP) is 6.45. The number of fused-ring (bicyclic) bond motifs is 1. The van der Waals surface area contributed by atoms with Gasteiger partial charge in [-0.3, -0.25) is 9.39 Å². The van der Waals surface area contributed by atoms with E-state index >= 15 is 0 Å². The van der Waals surface area contributed by atoms with E-state index in [4.69, 9.17) is 10.7 Å². The number of hydrogen-bond donors (Lipinski definition) is 1. The van der Waals surface area contributed by atoms with E-state index < -0.39 is 6.36 Å². The van der Waals surface area contributed by atoms with Gasteiger partial charge in [0.25, 0.3) is 0 Å². The molecule has 0 radical (unpaired) electrons. The van der Waals surface area contributed by atoms with Crippen LogP contribution in [0.1, 0.15) is 53.1 Å². The van der Waals surface area contributed by atoms with Crippen LogP contribution in [-0.2, 0) is 13.0 Å². The van der Waals surface area contributed by atoms with Crippen molar-refractivity contribution in [2.45, 2.75) is 51.9 Å². The van der Waals surface area contributed by atoms with Gasteiger partial charge in [-0.2, -0.15) is 0 Å². The van der Waals surface area contributed by atoms with Crippen LogP contribution in [0, 0.1) is 6.92 Å². The van der Waals surface area contributed by atoms with Gasteiger partial charge >= 0.3 is 6.36 Å². The third-order valence-corrected chi connectivity index (χ3v) is 7.80. The van der Waals surface area contributed by atoms with Crippen molar-refractivity contribution in [1.29, 1.82) is 0 Å². The van der Waals surface area contributed by atoms with E-state index in [1.165, 1.54) is 17.0 Å². The van der Waals surface area contributed by atoms with Gasteiger partial charge in [0, 0.05) is 29.9 Å². The number of rotatable bonds is 7. The van der Waals surface area contributed by atoms with Crippen molar-refractivity contribution in [3.63, 3.8) is 0 Å². The number of aromatic nitrogens is 2. The molecule has 1 fully saturated rings. The largest absolute Gasteiger partial charge is 0.573 e. The summed E-state index contributed by atoms with van der Waals surface area (Å²) in [4.78, 5) is 13.8. The molecule has 2 aromatic heterocycles. The number of amidine groups is 1. The smallest absolute Gasteiger partial charge is 0.406 e. The first-order valence-electron chi connectivity index (χ1n) is 12.7. The summed E-state index contributed by atoms with van der Waals surface area (Å²) in [6.45, 7) is 6.38. The molecule has 0 unspecified atom stereocenters. The monoisotopic (exact) mass is 541 g/mol. The SMILES string of the molecule is CCc1nc2sc(C)cn2c1C(N)=NCc1ccc(N2CCC(c3ccc(OC(F)(F)F)cc3)CC2)cc1. The van der Waals surface area contributed by atoms with Crippen LogP contribution in [-0.4, -0.2) is 34.7 Å². The average molecular weight is 542 g/mol. The Labute approximate surface area is 223 Å². The molecular weight excluding hydrogens is 511 g/mol. The van der Waals surface area contributed by atoms with Gasteiger partial charge in [-0.25, -0.2) is 4.98 Å². The van der Waals surface area contributed by atoms with Crippen LogP contribution in [0.3, 0.4) is 0 Å². The number of aryl methyl sites for hydroxylation is 2. The van der Waals surface area contributed by atoms with Crippen molar-refractivity contribution < 1.29 is 17.9 Å². The molecule has 5 rings (SSSR count). The Balaban J connectivity index is 1.18. The van der Waals surface area contributed by atoms with Crippen molar-refractivity contribution >= 4 is 27.8 Å². The predicted molar refractivity (Wildman–Crippen MR) is 145 cm³/mol. The first-order valence-corrected chi connectivity index (χ1v) is 13.5. The van der Waals surface area contributed by atoms with Crippen molar-refractivity contribution in [2.75, 3.05) is 18.0 Å². The number of halogens is 3. The number of imidazole rings is 1. The lowest BCUT2D eigenvalue weighted by Gasteiger charge is -2.34. The second-order valence-electron chi connectivity index (χ2n) is 9.50. The second-order valence-corrected chi connectivity index (χ2v) is 10.7. The molecule has 4 aromatic rings. The molecule has 38 heavy (non-hydrogen) atoms. The normalized spacial score (nSPS) is 15.4. The molecule has 0 spiro atoms. The minimum absolute atomic E-state index is 0.185. The molecule has 3 heterocycles. The van der Waals surface area contributed by atoms with E-state index in [-0.39, 0.29) is 5.75 Å². The van der Waals surface area contributed by atoms with Gasteiger partial charge in [-0.05, 0) is 67.5 Å². The molecule has 6 nitrogen and oxygen atoms in total. The highest BCUT2D eigenvalue weighted by Crippen LogP contribution is 2.32. The Morgan fingerprint density at radius 3 is 2.42 bits per heavy atom. The maximum atomic E-state index is 12.4. The molecule has 0 atom stereocenters. The molecule has 0 saturated carbocycles. The zero-order chi connectivity index (χ0) is 26.9. The van der Waals surface area contributed by atoms with E-state index in [0.29, 0.717) is 18.3 Å². The number of nitrogens with two attached hydrogens (primary N) is 1. The van der Waals surface area contributed by atoms with Crippen LogP contribution >= 0.6 is 11.3 Å². The topological polar surface area (TPSA) is 68.2 Å². The Hall–Kier alpha value is -3.53. The Kier molecular flexibility index (Phi) is 7.34. The summed E-state index contributed by atoms with van der Waals surface area (Å²) >= 11 is 1.64. The van der Waals surface area contributed by atoms with Gasteiger partial charge in [-0.1, -0.05) is 31.2 Å². The molecule has 2 aromatic carbocycles. The van der Waals surface area contributed by atoms with E-state index in [9.17, 15) is 13.2 Å². The summed E-state index contributed by atoms with van der Waals surface area (Å²) < 4.78 is 43.2. The number of nitrogens with zero attached hydrogens (tertiary/aromatic N) is 4. The minimum atomic E-state index is -4.67. The standard InChI is InChI=1S/C28H30F3N5OS/c1-3-24-25(36-17-18(2)38-27(36)34-24)26(32)33-16-19-4-8-22(9-5-19)35-14-12-21(13-15-35)20-6-10-23(11-7-20)37-28(29,30)31/h4-11,17,21H,3,12-16H2,1-2H3,(H2,32,33). The highest BCUT2D eigenvalue weighted by molar-refractivity contribution is 7.17. The van der Waals surface area contributed by atoms with E-state index in [2.05, 4.69) is 58.9 Å². The van der Waals surface area contributed by atoms with Gasteiger partial charge in [0.2, 0.25) is 0 Å². The van der Waals surface area contributed by atoms with Gasteiger partial charge in [0.1, 0.15) is 17.3 Å². The lowest BCUT2D eigenvalue weighted by Crippen LogP contribution is -2.32. The van der Waals surface area contributed by atoms with Crippen molar-refractivity contribution in [2.24, 2.45) is 10.7 Å². The van der Waals surface area contributed by atoms with Crippen LogP contribution in [0.2, 0.25) is 0 Å². The van der Waals surface area contributed by atoms with Gasteiger partial charge in [0.05, 0.1) is 12.2 Å².